The summed E-state index contributed by atoms with van der Waals surface area (Å²) in [6.07, 6.45) is -32.7. The molecule has 4 aliphatic heterocycles. The van der Waals surface area contributed by atoms with Gasteiger partial charge in [0, 0.05) is 0 Å². The lowest BCUT2D eigenvalue weighted by Crippen LogP contribution is -2.69. The predicted octanol–water partition coefficient (Wildman–Crippen LogP) is -9.78. The molecule has 264 valence electrons. The summed E-state index contributed by atoms with van der Waals surface area (Å²) in [4.78, 5) is 0. The average molecular weight is 666 g/mol. The maximum atomic E-state index is 11.1. The molecule has 15 N–H and O–H groups in total. The van der Waals surface area contributed by atoms with Crippen LogP contribution < -0.4 is 5.73 Å². The molecule has 4 aliphatic rings. The molecule has 0 aliphatic carbocycles. The molecular formula is C24H43NO20. The zero-order chi connectivity index (χ0) is 33.3. The lowest BCUT2D eigenvalue weighted by Gasteiger charge is -2.49. The van der Waals surface area contributed by atoms with Gasteiger partial charge in [-0.25, -0.2) is 0 Å². The number of ether oxygens (including phenoxy) is 7. The number of aliphatic hydroxyl groups is 13. The SMILES string of the molecule is N[C@H]1[C@H](O[C@H]2[C@@H](O)[C@@H](CO)O[C@@H](O[C@H]3[C@H](O)[C@@H](O)[C@H](O)O[C@@H]3CO)[C@@H]2O)O[C@H](CO)[C@@H](O)[C@@H]1O[C@@H]1O[C@H](CO)[C@H](O)[C@H](O)[C@H]1O. The van der Waals surface area contributed by atoms with Crippen molar-refractivity contribution in [1.82, 2.24) is 0 Å². The molecule has 21 nitrogen and oxygen atoms in total. The third kappa shape index (κ3) is 7.44. The summed E-state index contributed by atoms with van der Waals surface area (Å²) in [6, 6.07) is -1.55. The normalized spacial score (nSPS) is 52.9. The Morgan fingerprint density at radius 1 is 0.400 bits per heavy atom. The highest BCUT2D eigenvalue weighted by Gasteiger charge is 2.55. The fourth-order valence-electron chi connectivity index (χ4n) is 5.59. The quantitative estimate of drug-likeness (QED) is 0.103. The second kappa shape index (κ2) is 15.6. The first-order valence-electron chi connectivity index (χ1n) is 14.2. The molecule has 0 saturated carbocycles. The Bertz CT molecular complexity index is 920. The molecule has 0 aromatic carbocycles. The van der Waals surface area contributed by atoms with E-state index in [-0.39, 0.29) is 0 Å². The van der Waals surface area contributed by atoms with Crippen LogP contribution in [0, 0.1) is 0 Å². The van der Waals surface area contributed by atoms with Crippen LogP contribution in [0.1, 0.15) is 0 Å². The maximum Gasteiger partial charge on any atom is 0.187 e. The van der Waals surface area contributed by atoms with Gasteiger partial charge in [0.2, 0.25) is 0 Å². The number of nitrogens with two attached hydrogens (primary N) is 1. The molecule has 45 heavy (non-hydrogen) atoms. The second-order valence-corrected chi connectivity index (χ2v) is 11.2. The zero-order valence-electron chi connectivity index (χ0n) is 23.6. The summed E-state index contributed by atoms with van der Waals surface area (Å²) in [5.41, 5.74) is 6.25. The standard InChI is InChI=1S/C24H43NO20/c25-9-19(44-23-16(36)13(33)10(30)5(1-26)41-23)11(31)6(2-27)40-22(9)45-20-12(32)7(3-28)42-24(17(20)37)43-18-8(4-29)39-21(38)15(35)14(18)34/h5-24,26-38H,1-4,25H2/t5-,6-,7-,8-,9-,10+,11-,12+,13+,14-,15-,16-,17-,18-,19-,20+,21-,22+,23+,24+/m1/s1. The minimum Gasteiger partial charge on any atom is -0.394 e. The molecule has 0 aromatic rings. The van der Waals surface area contributed by atoms with Gasteiger partial charge in [-0.05, 0) is 0 Å². The molecule has 4 saturated heterocycles. The van der Waals surface area contributed by atoms with E-state index in [9.17, 15) is 66.4 Å². The molecule has 0 bridgehead atoms. The number of aliphatic hydroxyl groups excluding tert-OH is 13. The van der Waals surface area contributed by atoms with E-state index in [1.807, 2.05) is 0 Å². The first-order valence-corrected chi connectivity index (χ1v) is 14.2. The minimum atomic E-state index is -1.97. The van der Waals surface area contributed by atoms with Crippen molar-refractivity contribution in [3.63, 3.8) is 0 Å². The highest BCUT2D eigenvalue weighted by Crippen LogP contribution is 2.33. The van der Waals surface area contributed by atoms with Crippen LogP contribution in [0.3, 0.4) is 0 Å². The van der Waals surface area contributed by atoms with Crippen LogP contribution in [0.2, 0.25) is 0 Å². The number of hydrogen-bond donors (Lipinski definition) is 14. The van der Waals surface area contributed by atoms with Gasteiger partial charge in [-0.15, -0.1) is 0 Å². The molecule has 0 aromatic heterocycles. The van der Waals surface area contributed by atoms with Gasteiger partial charge >= 0.3 is 0 Å². The molecule has 0 amide bonds. The predicted molar refractivity (Wildman–Crippen MR) is 136 cm³/mol. The van der Waals surface area contributed by atoms with Gasteiger partial charge in [-0.3, -0.25) is 0 Å². The van der Waals surface area contributed by atoms with Crippen LogP contribution in [0.4, 0.5) is 0 Å². The Balaban J connectivity index is 1.53. The van der Waals surface area contributed by atoms with E-state index >= 15 is 0 Å². The monoisotopic (exact) mass is 665 g/mol. The smallest absolute Gasteiger partial charge is 0.187 e. The summed E-state index contributed by atoms with van der Waals surface area (Å²) in [5.74, 6) is 0. The average Bonchev–Trinajstić information content (AvgIpc) is 3.03. The fraction of sp³-hybridized carbons (Fsp3) is 1.00. The van der Waals surface area contributed by atoms with Crippen molar-refractivity contribution in [2.45, 2.75) is 123 Å². The lowest BCUT2D eigenvalue weighted by atomic mass is 9.95. The van der Waals surface area contributed by atoms with Crippen LogP contribution in [-0.2, 0) is 33.2 Å². The Morgan fingerprint density at radius 3 is 1.40 bits per heavy atom. The molecule has 0 radical (unpaired) electrons. The molecule has 0 unspecified atom stereocenters. The first-order chi connectivity index (χ1) is 21.3. The van der Waals surface area contributed by atoms with Crippen LogP contribution in [0.5, 0.6) is 0 Å². The van der Waals surface area contributed by atoms with Crippen molar-refractivity contribution in [3.05, 3.63) is 0 Å². The van der Waals surface area contributed by atoms with E-state index in [0.29, 0.717) is 0 Å². The van der Waals surface area contributed by atoms with Crippen LogP contribution >= 0.6 is 0 Å². The summed E-state index contributed by atoms with van der Waals surface area (Å²) < 4.78 is 38.2. The van der Waals surface area contributed by atoms with E-state index in [4.69, 9.17) is 38.9 Å². The van der Waals surface area contributed by atoms with Gasteiger partial charge in [0.25, 0.3) is 0 Å². The third-order valence-corrected chi connectivity index (χ3v) is 8.28. The topological polar surface area (TPSA) is 354 Å². The van der Waals surface area contributed by atoms with Crippen LogP contribution in [0.25, 0.3) is 0 Å². The largest absolute Gasteiger partial charge is 0.394 e. The van der Waals surface area contributed by atoms with Gasteiger partial charge in [-0.1, -0.05) is 0 Å². The van der Waals surface area contributed by atoms with Gasteiger partial charge < -0.3 is 105 Å². The molecule has 4 rings (SSSR count). The minimum absolute atomic E-state index is 0.782. The number of rotatable bonds is 10. The van der Waals surface area contributed by atoms with E-state index in [2.05, 4.69) is 0 Å². The Hall–Kier alpha value is -0.840. The van der Waals surface area contributed by atoms with Crippen molar-refractivity contribution >= 4 is 0 Å². The first kappa shape index (κ1) is 37.0. The van der Waals surface area contributed by atoms with Gasteiger partial charge in [-0.2, -0.15) is 0 Å². The summed E-state index contributed by atoms with van der Waals surface area (Å²) in [7, 11) is 0. The van der Waals surface area contributed by atoms with E-state index in [1.165, 1.54) is 0 Å². The van der Waals surface area contributed by atoms with E-state index in [0.717, 1.165) is 0 Å². The van der Waals surface area contributed by atoms with E-state index in [1.54, 1.807) is 0 Å². The summed E-state index contributed by atoms with van der Waals surface area (Å²) in [6.45, 7) is -3.30. The van der Waals surface area contributed by atoms with Crippen molar-refractivity contribution in [2.24, 2.45) is 5.73 Å². The molecule has 21 heteroatoms. The Morgan fingerprint density at radius 2 is 0.844 bits per heavy atom. The molecule has 4 fully saturated rings. The summed E-state index contributed by atoms with van der Waals surface area (Å²) in [5, 5.41) is 132. The highest BCUT2D eigenvalue weighted by atomic mass is 16.8. The third-order valence-electron chi connectivity index (χ3n) is 8.28. The van der Waals surface area contributed by atoms with Crippen LogP contribution in [-0.4, -0.2) is 216 Å². The highest BCUT2D eigenvalue weighted by molar-refractivity contribution is 4.98. The van der Waals surface area contributed by atoms with Crippen LogP contribution in [0.15, 0.2) is 0 Å². The molecule has 20 atom stereocenters. The zero-order valence-corrected chi connectivity index (χ0v) is 23.6. The lowest BCUT2D eigenvalue weighted by molar-refractivity contribution is -0.378. The Labute approximate surface area is 255 Å². The maximum absolute atomic E-state index is 11.1. The fourth-order valence-corrected chi connectivity index (χ4v) is 5.59. The Kier molecular flexibility index (Phi) is 12.8. The van der Waals surface area contributed by atoms with E-state index < -0.39 is 149 Å². The molecule has 4 heterocycles. The van der Waals surface area contributed by atoms with Gasteiger partial charge in [0.15, 0.2) is 25.2 Å². The molecular weight excluding hydrogens is 622 g/mol. The van der Waals surface area contributed by atoms with Crippen molar-refractivity contribution < 1.29 is 99.5 Å². The molecule has 0 spiro atoms. The second-order valence-electron chi connectivity index (χ2n) is 11.2. The summed E-state index contributed by atoms with van der Waals surface area (Å²) >= 11 is 0. The van der Waals surface area contributed by atoms with Crippen molar-refractivity contribution in [1.29, 1.82) is 0 Å². The van der Waals surface area contributed by atoms with Gasteiger partial charge in [0.05, 0.1) is 32.5 Å². The van der Waals surface area contributed by atoms with Crippen molar-refractivity contribution in [3.8, 4) is 0 Å². The number of hydrogen-bond acceptors (Lipinski definition) is 21. The van der Waals surface area contributed by atoms with Gasteiger partial charge in [0.1, 0.15) is 91.6 Å². The van der Waals surface area contributed by atoms with Crippen molar-refractivity contribution in [2.75, 3.05) is 26.4 Å².